The highest BCUT2D eigenvalue weighted by Crippen LogP contribution is 2.41. The summed E-state index contributed by atoms with van der Waals surface area (Å²) in [5, 5.41) is 21.7. The third-order valence-electron chi connectivity index (χ3n) is 5.59. The number of Topliss-reactive ketones (excluding diaryl/α,β-unsaturated/α-hetero) is 1. The van der Waals surface area contributed by atoms with E-state index in [4.69, 9.17) is 9.15 Å². The lowest BCUT2D eigenvalue weighted by molar-refractivity contribution is -0.129. The minimum absolute atomic E-state index is 0.0359. The van der Waals surface area contributed by atoms with E-state index in [0.717, 1.165) is 5.39 Å². The van der Waals surface area contributed by atoms with Crippen LogP contribution in [0.3, 0.4) is 0 Å². The van der Waals surface area contributed by atoms with Gasteiger partial charge in [0, 0.05) is 18.5 Å². The average molecular weight is 450 g/mol. The second-order valence-electron chi connectivity index (χ2n) is 8.10. The molecule has 33 heavy (non-hydrogen) atoms. The number of para-hydroxylation sites is 1. The fraction of sp³-hybridized carbons (Fsp3) is 0.280. The zero-order chi connectivity index (χ0) is 23.7. The van der Waals surface area contributed by atoms with Crippen LogP contribution in [0.15, 0.2) is 64.3 Å². The predicted octanol–water partition coefficient (Wildman–Crippen LogP) is 3.68. The Hall–Kier alpha value is -3.78. The van der Waals surface area contributed by atoms with E-state index < -0.39 is 23.5 Å². The van der Waals surface area contributed by atoms with E-state index in [-0.39, 0.29) is 29.4 Å². The van der Waals surface area contributed by atoms with Gasteiger partial charge in [0.15, 0.2) is 23.0 Å². The number of aromatic hydroxyl groups is 1. The number of amides is 1. The number of fused-ring (bicyclic) bond motifs is 1. The monoisotopic (exact) mass is 450 g/mol. The number of phenols is 1. The molecule has 1 aromatic heterocycles. The molecule has 8 nitrogen and oxygen atoms in total. The van der Waals surface area contributed by atoms with Crippen LogP contribution in [-0.4, -0.2) is 65.5 Å². The number of aliphatic hydroxyl groups excluding tert-OH is 1. The number of likely N-dealkylation sites (N-methyl/N-ethyl adjacent to an activating group) is 1. The summed E-state index contributed by atoms with van der Waals surface area (Å²) in [6.45, 7) is 2.92. The molecule has 3 aromatic rings. The maximum absolute atomic E-state index is 13.5. The molecular weight excluding hydrogens is 424 g/mol. The van der Waals surface area contributed by atoms with Crippen LogP contribution >= 0.6 is 0 Å². The van der Waals surface area contributed by atoms with Crippen LogP contribution in [0, 0.1) is 0 Å². The molecule has 2 N–H and O–H groups in total. The number of carbonyl (C=O) groups is 2. The number of ether oxygens (including phenoxy) is 1. The average Bonchev–Trinajstić information content (AvgIpc) is 3.33. The van der Waals surface area contributed by atoms with Gasteiger partial charge in [-0.1, -0.05) is 24.3 Å². The summed E-state index contributed by atoms with van der Waals surface area (Å²) >= 11 is 0. The molecule has 8 heteroatoms. The van der Waals surface area contributed by atoms with Crippen LogP contribution in [-0.2, 0) is 4.79 Å². The highest BCUT2D eigenvalue weighted by atomic mass is 16.5. The summed E-state index contributed by atoms with van der Waals surface area (Å²) in [7, 11) is 3.74. The van der Waals surface area contributed by atoms with Crippen LogP contribution in [0.1, 0.15) is 29.1 Å². The largest absolute Gasteiger partial charge is 0.504 e. The van der Waals surface area contributed by atoms with Crippen molar-refractivity contribution in [3.63, 3.8) is 0 Å². The zero-order valence-electron chi connectivity index (χ0n) is 18.7. The number of aliphatic hydroxyl groups is 1. The number of phenolic OH excluding ortho intramolecular Hbond substituents is 1. The van der Waals surface area contributed by atoms with Gasteiger partial charge in [-0.15, -0.1) is 0 Å². The maximum Gasteiger partial charge on any atom is 0.290 e. The van der Waals surface area contributed by atoms with E-state index in [2.05, 4.69) is 0 Å². The topological polar surface area (TPSA) is 103 Å². The van der Waals surface area contributed by atoms with Gasteiger partial charge >= 0.3 is 0 Å². The number of carbonyl (C=O) groups excluding carboxylic acids is 2. The van der Waals surface area contributed by atoms with Crippen molar-refractivity contribution in [3.8, 4) is 11.5 Å². The summed E-state index contributed by atoms with van der Waals surface area (Å²) in [5.41, 5.74) is 1.01. The molecule has 0 saturated carbocycles. The first-order chi connectivity index (χ1) is 15.8. The van der Waals surface area contributed by atoms with Crippen molar-refractivity contribution in [2.45, 2.75) is 13.0 Å². The number of hydrogen-bond donors (Lipinski definition) is 2. The summed E-state index contributed by atoms with van der Waals surface area (Å²) < 4.78 is 11.2. The molecule has 0 unspecified atom stereocenters. The first-order valence-corrected chi connectivity index (χ1v) is 10.7. The Morgan fingerprint density at radius 3 is 2.61 bits per heavy atom. The van der Waals surface area contributed by atoms with Crippen molar-refractivity contribution < 1.29 is 29.0 Å². The maximum atomic E-state index is 13.5. The van der Waals surface area contributed by atoms with Crippen molar-refractivity contribution in [3.05, 3.63) is 71.2 Å². The molecule has 0 fully saturated rings. The molecule has 0 aliphatic carbocycles. The number of rotatable bonds is 8. The molecule has 1 atom stereocenters. The summed E-state index contributed by atoms with van der Waals surface area (Å²) in [4.78, 5) is 29.9. The smallest absolute Gasteiger partial charge is 0.290 e. The van der Waals surface area contributed by atoms with Gasteiger partial charge < -0.3 is 29.2 Å². The Kier molecular flexibility index (Phi) is 6.11. The molecule has 172 valence electrons. The minimum atomic E-state index is -0.863. The summed E-state index contributed by atoms with van der Waals surface area (Å²) in [6, 6.07) is 12.6. The van der Waals surface area contributed by atoms with Gasteiger partial charge in [0.2, 0.25) is 5.78 Å². The van der Waals surface area contributed by atoms with E-state index in [1.54, 1.807) is 37.3 Å². The molecule has 2 aromatic carbocycles. The quantitative estimate of drug-likeness (QED) is 0.505. The van der Waals surface area contributed by atoms with E-state index in [1.165, 1.54) is 11.0 Å². The van der Waals surface area contributed by atoms with Gasteiger partial charge in [0.05, 0.1) is 18.2 Å². The fourth-order valence-electron chi connectivity index (χ4n) is 3.97. The number of benzene rings is 2. The van der Waals surface area contributed by atoms with Crippen LogP contribution in [0.5, 0.6) is 11.5 Å². The second-order valence-corrected chi connectivity index (χ2v) is 8.10. The van der Waals surface area contributed by atoms with Crippen LogP contribution in [0.2, 0.25) is 0 Å². The van der Waals surface area contributed by atoms with Crippen LogP contribution in [0.4, 0.5) is 0 Å². The second kappa shape index (κ2) is 8.99. The molecule has 0 saturated heterocycles. The van der Waals surface area contributed by atoms with Gasteiger partial charge in [0.25, 0.3) is 5.91 Å². The lowest BCUT2D eigenvalue weighted by atomic mass is 9.94. The zero-order valence-corrected chi connectivity index (χ0v) is 18.7. The van der Waals surface area contributed by atoms with Gasteiger partial charge in [0.1, 0.15) is 5.58 Å². The van der Waals surface area contributed by atoms with Gasteiger partial charge in [-0.3, -0.25) is 9.59 Å². The molecule has 0 bridgehead atoms. The van der Waals surface area contributed by atoms with Crippen molar-refractivity contribution >= 4 is 22.7 Å². The Balaban J connectivity index is 1.81. The Labute approximate surface area is 191 Å². The predicted molar refractivity (Wildman–Crippen MR) is 122 cm³/mol. The molecule has 0 radical (unpaired) electrons. The lowest BCUT2D eigenvalue weighted by Crippen LogP contribution is -2.36. The first-order valence-electron chi connectivity index (χ1n) is 10.7. The van der Waals surface area contributed by atoms with E-state index in [0.29, 0.717) is 24.3 Å². The Morgan fingerprint density at radius 2 is 1.91 bits per heavy atom. The molecule has 4 rings (SSSR count). The van der Waals surface area contributed by atoms with Crippen LogP contribution < -0.4 is 4.74 Å². The number of nitrogens with zero attached hydrogens (tertiary/aromatic N) is 2. The summed E-state index contributed by atoms with van der Waals surface area (Å²) in [5.74, 6) is -1.59. The van der Waals surface area contributed by atoms with Gasteiger partial charge in [-0.05, 0) is 50.8 Å². The molecule has 1 aliphatic rings. The Morgan fingerprint density at radius 1 is 1.15 bits per heavy atom. The van der Waals surface area contributed by atoms with Crippen LogP contribution in [0.25, 0.3) is 11.0 Å². The third-order valence-corrected chi connectivity index (χ3v) is 5.59. The standard InChI is InChI=1S/C25H26N2O6/c1-4-32-19-14-16(9-10-17(19)28)22-21(24(30)25(31)27(22)12-11-26(2)3)23(29)20-13-15-7-5-6-8-18(15)33-20/h5-10,13-14,22,28,30H,4,11-12H2,1-3H3/t22-/m1/s1. The van der Waals surface area contributed by atoms with Crippen molar-refractivity contribution in [2.75, 3.05) is 33.8 Å². The normalized spacial score (nSPS) is 16.3. The number of hydrogen-bond acceptors (Lipinski definition) is 7. The van der Waals surface area contributed by atoms with E-state index in [9.17, 15) is 19.8 Å². The van der Waals surface area contributed by atoms with Crippen molar-refractivity contribution in [1.82, 2.24) is 9.80 Å². The first kappa shape index (κ1) is 22.4. The Bertz CT molecular complexity index is 1210. The van der Waals surface area contributed by atoms with E-state index in [1.807, 2.05) is 31.1 Å². The third kappa shape index (κ3) is 4.17. The SMILES string of the molecule is CCOc1cc([C@@H]2C(C(=O)c3cc4ccccc4o3)=C(O)C(=O)N2CCN(C)C)ccc1O. The minimum Gasteiger partial charge on any atom is -0.504 e. The number of ketones is 1. The molecular formula is C25H26N2O6. The fourth-order valence-corrected chi connectivity index (χ4v) is 3.97. The summed E-state index contributed by atoms with van der Waals surface area (Å²) in [6.07, 6.45) is 0. The van der Waals surface area contributed by atoms with Gasteiger partial charge in [-0.25, -0.2) is 0 Å². The molecule has 2 heterocycles. The van der Waals surface area contributed by atoms with Gasteiger partial charge in [-0.2, -0.15) is 0 Å². The molecule has 0 spiro atoms. The lowest BCUT2D eigenvalue weighted by Gasteiger charge is -2.28. The number of furan rings is 1. The van der Waals surface area contributed by atoms with Crippen molar-refractivity contribution in [2.24, 2.45) is 0 Å². The molecule has 1 aliphatic heterocycles. The highest BCUT2D eigenvalue weighted by molar-refractivity contribution is 6.16. The highest BCUT2D eigenvalue weighted by Gasteiger charge is 2.44. The van der Waals surface area contributed by atoms with Crippen molar-refractivity contribution in [1.29, 1.82) is 0 Å². The van der Waals surface area contributed by atoms with E-state index >= 15 is 0 Å². The molecule has 1 amide bonds.